The summed E-state index contributed by atoms with van der Waals surface area (Å²) in [6.07, 6.45) is 2.58. The molecule has 0 aliphatic carbocycles. The number of nitrogens with two attached hydrogens (primary N) is 1. The number of ether oxygens (including phenoxy) is 1. The lowest BCUT2D eigenvalue weighted by Gasteiger charge is -2.15. The maximum absolute atomic E-state index is 11.7. The number of carbonyl (C=O) groups excluding carboxylic acids is 1. The van der Waals surface area contributed by atoms with Gasteiger partial charge in [-0.25, -0.2) is 0 Å². The maximum Gasteiger partial charge on any atom is 0.323 e. The Balaban J connectivity index is 0.00000324. The quantitative estimate of drug-likeness (QED) is 0.784. The van der Waals surface area contributed by atoms with Gasteiger partial charge in [0.25, 0.3) is 0 Å². The molecule has 0 bridgehead atoms. The van der Waals surface area contributed by atoms with Gasteiger partial charge in [-0.2, -0.15) is 0 Å². The Morgan fingerprint density at radius 3 is 2.32 bits per heavy atom. The van der Waals surface area contributed by atoms with E-state index >= 15 is 0 Å². The summed E-state index contributed by atoms with van der Waals surface area (Å²) >= 11 is 0. The number of hydrogen-bond donors (Lipinski definition) is 1. The fourth-order valence-corrected chi connectivity index (χ4v) is 1.78. The molecule has 0 saturated carbocycles. The molecule has 0 heterocycles. The molecule has 0 saturated heterocycles. The van der Waals surface area contributed by atoms with Crippen LogP contribution in [0, 0.1) is 5.92 Å². The summed E-state index contributed by atoms with van der Waals surface area (Å²) in [5.41, 5.74) is 6.90. The zero-order valence-electron chi connectivity index (χ0n) is 11.7. The van der Waals surface area contributed by atoms with Gasteiger partial charge in [-0.1, -0.05) is 57.0 Å². The molecular formula is C15H24ClNO2. The second-order valence-corrected chi connectivity index (χ2v) is 4.61. The van der Waals surface area contributed by atoms with E-state index < -0.39 is 6.04 Å². The third kappa shape index (κ3) is 6.60. The summed E-state index contributed by atoms with van der Waals surface area (Å²) < 4.78 is 5.26. The minimum atomic E-state index is -0.568. The first-order valence-electron chi connectivity index (χ1n) is 6.63. The number of esters is 1. The highest BCUT2D eigenvalue weighted by Crippen LogP contribution is 2.09. The molecule has 108 valence electrons. The lowest BCUT2D eigenvalue weighted by atomic mass is 10.0. The van der Waals surface area contributed by atoms with Crippen molar-refractivity contribution in [1.82, 2.24) is 0 Å². The van der Waals surface area contributed by atoms with Gasteiger partial charge < -0.3 is 10.5 Å². The van der Waals surface area contributed by atoms with Crippen molar-refractivity contribution >= 4 is 18.4 Å². The molecule has 4 heteroatoms. The van der Waals surface area contributed by atoms with Gasteiger partial charge in [-0.05, 0) is 17.9 Å². The molecule has 0 aliphatic heterocycles. The minimum absolute atomic E-state index is 0. The van der Waals surface area contributed by atoms with Crippen LogP contribution in [0.15, 0.2) is 30.3 Å². The zero-order valence-corrected chi connectivity index (χ0v) is 12.5. The molecule has 0 spiro atoms. The summed E-state index contributed by atoms with van der Waals surface area (Å²) in [6, 6.07) is 9.19. The second kappa shape index (κ2) is 9.82. The molecular weight excluding hydrogens is 262 g/mol. The van der Waals surface area contributed by atoms with E-state index in [0.717, 1.165) is 18.4 Å². The molecule has 2 N–H and O–H groups in total. The normalized spacial score (nSPS) is 11.8. The highest BCUT2D eigenvalue weighted by atomic mass is 35.5. The molecule has 0 aromatic heterocycles. The smallest absolute Gasteiger partial charge is 0.323 e. The monoisotopic (exact) mass is 285 g/mol. The van der Waals surface area contributed by atoms with Gasteiger partial charge in [-0.3, -0.25) is 4.79 Å². The van der Waals surface area contributed by atoms with Crippen LogP contribution in [0.4, 0.5) is 0 Å². The Bertz CT molecular complexity index is 352. The van der Waals surface area contributed by atoms with E-state index in [0.29, 0.717) is 18.9 Å². The predicted octanol–water partition coefficient (Wildman–Crippen LogP) is 2.96. The maximum atomic E-state index is 11.7. The summed E-state index contributed by atoms with van der Waals surface area (Å²) in [6.45, 7) is 4.69. The first kappa shape index (κ1) is 17.9. The molecule has 3 nitrogen and oxygen atoms in total. The van der Waals surface area contributed by atoms with Crippen LogP contribution in [0.1, 0.15) is 32.3 Å². The van der Waals surface area contributed by atoms with Gasteiger partial charge in [0.2, 0.25) is 0 Å². The molecule has 0 amide bonds. The lowest BCUT2D eigenvalue weighted by molar-refractivity contribution is -0.146. The van der Waals surface area contributed by atoms with Gasteiger partial charge in [0, 0.05) is 0 Å². The van der Waals surface area contributed by atoms with Crippen molar-refractivity contribution in [2.45, 2.75) is 39.2 Å². The van der Waals surface area contributed by atoms with Gasteiger partial charge in [0.15, 0.2) is 0 Å². The summed E-state index contributed by atoms with van der Waals surface area (Å²) in [5.74, 6) is 0.142. The standard InChI is InChI=1S/C15H23NO2.ClH/c1-3-12(4-2)11-18-15(17)14(16)10-13-8-6-5-7-9-13;/h5-9,12,14H,3-4,10-11,16H2,1-2H3;1H. The first-order valence-corrected chi connectivity index (χ1v) is 6.63. The Hall–Kier alpha value is -1.06. The lowest BCUT2D eigenvalue weighted by Crippen LogP contribution is -2.35. The Labute approximate surface area is 121 Å². The van der Waals surface area contributed by atoms with Crippen LogP contribution in [-0.2, 0) is 16.0 Å². The van der Waals surface area contributed by atoms with Crippen LogP contribution in [-0.4, -0.2) is 18.6 Å². The van der Waals surface area contributed by atoms with E-state index in [1.165, 1.54) is 0 Å². The zero-order chi connectivity index (χ0) is 13.4. The number of rotatable bonds is 7. The highest BCUT2D eigenvalue weighted by Gasteiger charge is 2.16. The van der Waals surface area contributed by atoms with Crippen molar-refractivity contribution in [1.29, 1.82) is 0 Å². The number of carbonyl (C=O) groups is 1. The van der Waals surface area contributed by atoms with Gasteiger partial charge >= 0.3 is 5.97 Å². The third-order valence-electron chi connectivity index (χ3n) is 3.22. The average Bonchev–Trinajstić information content (AvgIpc) is 2.40. The van der Waals surface area contributed by atoms with E-state index in [1.54, 1.807) is 0 Å². The summed E-state index contributed by atoms with van der Waals surface area (Å²) in [5, 5.41) is 0. The van der Waals surface area contributed by atoms with Crippen LogP contribution < -0.4 is 5.73 Å². The van der Waals surface area contributed by atoms with Crippen LogP contribution in [0.25, 0.3) is 0 Å². The molecule has 0 aliphatic rings. The summed E-state index contributed by atoms with van der Waals surface area (Å²) in [4.78, 5) is 11.7. The molecule has 0 fully saturated rings. The molecule has 1 atom stereocenters. The molecule has 0 radical (unpaired) electrons. The first-order chi connectivity index (χ1) is 8.67. The van der Waals surface area contributed by atoms with Gasteiger partial charge in [0.1, 0.15) is 6.04 Å². The summed E-state index contributed by atoms with van der Waals surface area (Å²) in [7, 11) is 0. The molecule has 1 aromatic carbocycles. The van der Waals surface area contributed by atoms with E-state index in [2.05, 4.69) is 13.8 Å². The van der Waals surface area contributed by atoms with E-state index in [9.17, 15) is 4.79 Å². The van der Waals surface area contributed by atoms with E-state index in [1.807, 2.05) is 30.3 Å². The Morgan fingerprint density at radius 1 is 1.21 bits per heavy atom. The Kier molecular flexibility index (Phi) is 9.27. The van der Waals surface area contributed by atoms with Crippen molar-refractivity contribution in [3.63, 3.8) is 0 Å². The van der Waals surface area contributed by atoms with Crippen molar-refractivity contribution < 1.29 is 9.53 Å². The molecule has 1 aromatic rings. The van der Waals surface area contributed by atoms with Crippen molar-refractivity contribution in [2.24, 2.45) is 11.7 Å². The number of hydrogen-bond acceptors (Lipinski definition) is 3. The minimum Gasteiger partial charge on any atom is -0.464 e. The van der Waals surface area contributed by atoms with Crippen molar-refractivity contribution in [3.05, 3.63) is 35.9 Å². The third-order valence-corrected chi connectivity index (χ3v) is 3.22. The topological polar surface area (TPSA) is 52.3 Å². The second-order valence-electron chi connectivity index (χ2n) is 4.61. The van der Waals surface area contributed by atoms with E-state index in [-0.39, 0.29) is 18.4 Å². The van der Waals surface area contributed by atoms with Gasteiger partial charge in [-0.15, -0.1) is 12.4 Å². The molecule has 1 unspecified atom stereocenters. The highest BCUT2D eigenvalue weighted by molar-refractivity contribution is 5.85. The predicted molar refractivity (Wildman–Crippen MR) is 80.4 cm³/mol. The molecule has 1 rings (SSSR count). The van der Waals surface area contributed by atoms with Crippen molar-refractivity contribution in [2.75, 3.05) is 6.61 Å². The fraction of sp³-hybridized carbons (Fsp3) is 0.533. The van der Waals surface area contributed by atoms with Crippen molar-refractivity contribution in [3.8, 4) is 0 Å². The van der Waals surface area contributed by atoms with Crippen LogP contribution in [0.3, 0.4) is 0 Å². The number of benzene rings is 1. The SMILES string of the molecule is CCC(CC)COC(=O)C(N)Cc1ccccc1.Cl. The number of halogens is 1. The van der Waals surface area contributed by atoms with Crippen LogP contribution >= 0.6 is 12.4 Å². The largest absolute Gasteiger partial charge is 0.464 e. The average molecular weight is 286 g/mol. The van der Waals surface area contributed by atoms with Crippen LogP contribution in [0.2, 0.25) is 0 Å². The Morgan fingerprint density at radius 2 is 1.79 bits per heavy atom. The van der Waals surface area contributed by atoms with E-state index in [4.69, 9.17) is 10.5 Å². The van der Waals surface area contributed by atoms with Gasteiger partial charge in [0.05, 0.1) is 6.61 Å². The fourth-order valence-electron chi connectivity index (χ4n) is 1.78. The van der Waals surface area contributed by atoms with Crippen LogP contribution in [0.5, 0.6) is 0 Å². The molecule has 19 heavy (non-hydrogen) atoms.